The molecule has 0 bridgehead atoms. The molecule has 2 aliphatic rings. The van der Waals surface area contributed by atoms with Crippen molar-refractivity contribution >= 4 is 33.1 Å². The van der Waals surface area contributed by atoms with E-state index >= 15 is 0 Å². The highest BCUT2D eigenvalue weighted by Gasteiger charge is 2.38. The summed E-state index contributed by atoms with van der Waals surface area (Å²) < 4.78 is 2.40. The first-order chi connectivity index (χ1) is 25.1. The molecule has 0 saturated heterocycles. The van der Waals surface area contributed by atoms with Gasteiger partial charge in [-0.1, -0.05) is 133 Å². The summed E-state index contributed by atoms with van der Waals surface area (Å²) in [7, 11) is 0. The number of para-hydroxylation sites is 1. The van der Waals surface area contributed by atoms with Crippen molar-refractivity contribution in [2.24, 2.45) is 0 Å². The Bertz CT molecular complexity index is 2540. The van der Waals surface area contributed by atoms with E-state index in [2.05, 4.69) is 206 Å². The van der Waals surface area contributed by atoms with E-state index < -0.39 is 0 Å². The zero-order valence-electron chi connectivity index (χ0n) is 29.3. The van der Waals surface area contributed by atoms with E-state index in [0.717, 1.165) is 0 Å². The van der Waals surface area contributed by atoms with E-state index in [1.807, 2.05) is 0 Å². The standard InChI is InChI=1S/C49H40N2/c1-4-5-11-34(3)50-47-27-22-38(37-18-16-33(2)17-19-37)30-44(47)45-32-40(23-28-48(45)50)39-24-29-49-43(31-39)42-14-9-10-15-46(42)51(49)41-25-20-36(21-26-41)35-12-7-6-8-13-35/h4-32,45,48H,1-3H3/b5-4-,34-11+. The van der Waals surface area contributed by atoms with Crippen LogP contribution in [0.3, 0.4) is 0 Å². The van der Waals surface area contributed by atoms with Gasteiger partial charge >= 0.3 is 0 Å². The highest BCUT2D eigenvalue weighted by Crippen LogP contribution is 2.49. The van der Waals surface area contributed by atoms with E-state index in [0.29, 0.717) is 0 Å². The first-order valence-corrected chi connectivity index (χ1v) is 18.0. The summed E-state index contributed by atoms with van der Waals surface area (Å²) >= 11 is 0. The van der Waals surface area contributed by atoms with E-state index in [1.54, 1.807) is 0 Å². The van der Waals surface area contributed by atoms with Crippen LogP contribution in [-0.4, -0.2) is 10.6 Å². The summed E-state index contributed by atoms with van der Waals surface area (Å²) in [5.74, 6) is 0.236. The third-order valence-electron chi connectivity index (χ3n) is 10.7. The molecule has 2 unspecified atom stereocenters. The fourth-order valence-corrected chi connectivity index (χ4v) is 8.11. The Morgan fingerprint density at radius 1 is 0.627 bits per heavy atom. The number of anilines is 1. The second kappa shape index (κ2) is 12.6. The van der Waals surface area contributed by atoms with Crippen LogP contribution in [0.2, 0.25) is 0 Å². The lowest BCUT2D eigenvalue weighted by Gasteiger charge is -2.30. The largest absolute Gasteiger partial charge is 0.337 e. The molecule has 2 atom stereocenters. The van der Waals surface area contributed by atoms with Gasteiger partial charge in [0.05, 0.1) is 17.1 Å². The first kappa shape index (κ1) is 30.9. The van der Waals surface area contributed by atoms with Crippen LogP contribution in [-0.2, 0) is 0 Å². The summed E-state index contributed by atoms with van der Waals surface area (Å²) in [5.41, 5.74) is 16.3. The van der Waals surface area contributed by atoms with Gasteiger partial charge in [0, 0.05) is 33.8 Å². The second-order valence-corrected chi connectivity index (χ2v) is 13.8. The molecular weight excluding hydrogens is 617 g/mol. The van der Waals surface area contributed by atoms with Crippen molar-refractivity contribution in [3.8, 4) is 27.9 Å². The third-order valence-corrected chi connectivity index (χ3v) is 10.7. The molecule has 2 heteroatoms. The number of rotatable bonds is 6. The fourth-order valence-electron chi connectivity index (χ4n) is 8.11. The summed E-state index contributed by atoms with van der Waals surface area (Å²) in [6.45, 7) is 6.45. The van der Waals surface area contributed by atoms with Crippen molar-refractivity contribution < 1.29 is 0 Å². The summed E-state index contributed by atoms with van der Waals surface area (Å²) in [6, 6.07) is 51.5. The number of fused-ring (bicyclic) bond motifs is 6. The summed E-state index contributed by atoms with van der Waals surface area (Å²) in [5, 5.41) is 2.54. The highest BCUT2D eigenvalue weighted by molar-refractivity contribution is 6.10. The van der Waals surface area contributed by atoms with Crippen molar-refractivity contribution in [1.29, 1.82) is 0 Å². The molecule has 1 aromatic heterocycles. The number of hydrogen-bond acceptors (Lipinski definition) is 1. The third kappa shape index (κ3) is 5.36. The molecule has 2 heterocycles. The summed E-state index contributed by atoms with van der Waals surface area (Å²) in [4.78, 5) is 2.52. The number of aromatic nitrogens is 1. The molecular formula is C49H40N2. The van der Waals surface area contributed by atoms with Crippen LogP contribution in [0.4, 0.5) is 5.69 Å². The minimum Gasteiger partial charge on any atom is -0.337 e. The smallest absolute Gasteiger partial charge is 0.0626 e. The lowest BCUT2D eigenvalue weighted by Crippen LogP contribution is -2.31. The average Bonchev–Trinajstić information content (AvgIpc) is 3.69. The van der Waals surface area contributed by atoms with Gasteiger partial charge in [0.1, 0.15) is 0 Å². The number of hydrogen-bond donors (Lipinski definition) is 0. The Balaban J connectivity index is 1.13. The molecule has 1 aliphatic heterocycles. The maximum Gasteiger partial charge on any atom is 0.0626 e. The SMILES string of the molecule is C/C=C\C=C(/C)N1c2ccc(-c3ccc(C)cc3)cc2C2C=C(c3ccc4c(c3)c3ccccc3n4-c3ccc(-c4ccccc4)cc3)C=CC21. The Hall–Kier alpha value is -6.12. The van der Waals surface area contributed by atoms with Gasteiger partial charge in [-0.2, -0.15) is 0 Å². The molecule has 6 aromatic carbocycles. The Morgan fingerprint density at radius 2 is 1.29 bits per heavy atom. The van der Waals surface area contributed by atoms with Crippen LogP contribution in [0.1, 0.15) is 36.5 Å². The Kier molecular flexibility index (Phi) is 7.66. The molecule has 0 spiro atoms. The normalized spacial score (nSPS) is 17.0. The van der Waals surface area contributed by atoms with Gasteiger partial charge < -0.3 is 9.47 Å². The zero-order valence-corrected chi connectivity index (χ0v) is 29.3. The molecule has 51 heavy (non-hydrogen) atoms. The molecule has 0 N–H and O–H groups in total. The quantitative estimate of drug-likeness (QED) is 0.162. The number of nitrogens with zero attached hydrogens (tertiary/aromatic N) is 2. The topological polar surface area (TPSA) is 8.17 Å². The number of benzene rings is 6. The van der Waals surface area contributed by atoms with Crippen molar-refractivity contribution in [1.82, 2.24) is 4.57 Å². The maximum absolute atomic E-state index is 2.52. The minimum atomic E-state index is 0.225. The molecule has 2 nitrogen and oxygen atoms in total. The van der Waals surface area contributed by atoms with E-state index in [9.17, 15) is 0 Å². The molecule has 7 aromatic rings. The first-order valence-electron chi connectivity index (χ1n) is 18.0. The van der Waals surface area contributed by atoms with Gasteiger partial charge in [-0.25, -0.2) is 0 Å². The fraction of sp³-hybridized carbons (Fsp3) is 0.102. The van der Waals surface area contributed by atoms with Crippen LogP contribution >= 0.6 is 0 Å². The number of aryl methyl sites for hydroxylation is 1. The molecule has 0 saturated carbocycles. The van der Waals surface area contributed by atoms with E-state index in [-0.39, 0.29) is 12.0 Å². The minimum absolute atomic E-state index is 0.225. The van der Waals surface area contributed by atoms with Crippen molar-refractivity contribution in [2.45, 2.75) is 32.7 Å². The lowest BCUT2D eigenvalue weighted by atomic mass is 9.85. The van der Waals surface area contributed by atoms with Crippen LogP contribution in [0.25, 0.3) is 55.3 Å². The van der Waals surface area contributed by atoms with Crippen molar-refractivity contribution in [3.63, 3.8) is 0 Å². The molecule has 0 radical (unpaired) electrons. The number of allylic oxidation sites excluding steroid dienone is 6. The van der Waals surface area contributed by atoms with Gasteiger partial charge in [-0.05, 0) is 108 Å². The van der Waals surface area contributed by atoms with Crippen LogP contribution in [0.15, 0.2) is 182 Å². The van der Waals surface area contributed by atoms with Gasteiger partial charge in [0.15, 0.2) is 0 Å². The van der Waals surface area contributed by atoms with E-state index in [1.165, 1.54) is 83.4 Å². The lowest BCUT2D eigenvalue weighted by molar-refractivity contribution is 0.725. The second-order valence-electron chi connectivity index (χ2n) is 13.8. The van der Waals surface area contributed by atoms with Gasteiger partial charge in [-0.3, -0.25) is 0 Å². The summed E-state index contributed by atoms with van der Waals surface area (Å²) in [6.07, 6.45) is 13.7. The maximum atomic E-state index is 2.52. The predicted molar refractivity (Wildman–Crippen MR) is 218 cm³/mol. The Morgan fingerprint density at radius 3 is 2.10 bits per heavy atom. The molecule has 0 amide bonds. The average molecular weight is 657 g/mol. The molecule has 1 aliphatic carbocycles. The molecule has 9 rings (SSSR count). The van der Waals surface area contributed by atoms with Gasteiger partial charge in [-0.15, -0.1) is 0 Å². The Labute approximate surface area is 300 Å². The van der Waals surface area contributed by atoms with Gasteiger partial charge in [0.2, 0.25) is 0 Å². The van der Waals surface area contributed by atoms with Crippen molar-refractivity contribution in [3.05, 3.63) is 198 Å². The van der Waals surface area contributed by atoms with Crippen LogP contribution in [0.5, 0.6) is 0 Å². The van der Waals surface area contributed by atoms with E-state index in [4.69, 9.17) is 0 Å². The highest BCUT2D eigenvalue weighted by atomic mass is 15.2. The van der Waals surface area contributed by atoms with Gasteiger partial charge in [0.25, 0.3) is 0 Å². The monoisotopic (exact) mass is 656 g/mol. The zero-order chi connectivity index (χ0) is 34.5. The molecule has 246 valence electrons. The predicted octanol–water partition coefficient (Wildman–Crippen LogP) is 12.8. The van der Waals surface area contributed by atoms with Crippen molar-refractivity contribution in [2.75, 3.05) is 4.90 Å². The molecule has 0 fully saturated rings. The van der Waals surface area contributed by atoms with Crippen LogP contribution < -0.4 is 4.90 Å². The van der Waals surface area contributed by atoms with Crippen LogP contribution in [0, 0.1) is 6.92 Å².